The highest BCUT2D eigenvalue weighted by molar-refractivity contribution is 6.74. The molecule has 0 radical (unpaired) electrons. The first-order valence-electron chi connectivity index (χ1n) is 6.47. The van der Waals surface area contributed by atoms with Gasteiger partial charge in [0.2, 0.25) is 0 Å². The van der Waals surface area contributed by atoms with E-state index in [-0.39, 0.29) is 23.0 Å². The number of methoxy groups -OCH3 is 1. The minimum atomic E-state index is -1.79. The molecule has 3 atom stereocenters. The highest BCUT2D eigenvalue weighted by Crippen LogP contribution is 2.37. The SMILES string of the molecule is CO[C@H]1C(=O)O[C@@H](CO[Si](C)(C)C(C)(C)C)[C@@H]1C. The summed E-state index contributed by atoms with van der Waals surface area (Å²) >= 11 is 0. The molecule has 1 rings (SSSR count). The van der Waals surface area contributed by atoms with E-state index < -0.39 is 14.4 Å². The fourth-order valence-corrected chi connectivity index (χ4v) is 2.75. The Kier molecular flexibility index (Phi) is 4.62. The van der Waals surface area contributed by atoms with Crippen molar-refractivity contribution in [2.75, 3.05) is 13.7 Å². The lowest BCUT2D eigenvalue weighted by Crippen LogP contribution is -2.43. The zero-order valence-corrected chi connectivity index (χ0v) is 13.6. The molecule has 0 aliphatic carbocycles. The van der Waals surface area contributed by atoms with Gasteiger partial charge in [-0.3, -0.25) is 0 Å². The second kappa shape index (κ2) is 5.31. The van der Waals surface area contributed by atoms with E-state index in [4.69, 9.17) is 13.9 Å². The van der Waals surface area contributed by atoms with Gasteiger partial charge in [-0.25, -0.2) is 4.79 Å². The molecule has 0 saturated carbocycles. The topological polar surface area (TPSA) is 44.8 Å². The molecule has 0 bridgehead atoms. The van der Waals surface area contributed by atoms with Gasteiger partial charge in [-0.2, -0.15) is 0 Å². The van der Waals surface area contributed by atoms with Gasteiger partial charge in [0.05, 0.1) is 6.61 Å². The molecule has 0 amide bonds. The van der Waals surface area contributed by atoms with Crippen molar-refractivity contribution in [3.05, 3.63) is 0 Å². The van der Waals surface area contributed by atoms with Crippen molar-refractivity contribution in [1.82, 2.24) is 0 Å². The fourth-order valence-electron chi connectivity index (χ4n) is 1.74. The van der Waals surface area contributed by atoms with Gasteiger partial charge < -0.3 is 13.9 Å². The smallest absolute Gasteiger partial charge is 0.336 e. The molecule has 1 heterocycles. The van der Waals surface area contributed by atoms with E-state index in [9.17, 15) is 4.79 Å². The van der Waals surface area contributed by atoms with Gasteiger partial charge in [-0.15, -0.1) is 0 Å². The largest absolute Gasteiger partial charge is 0.458 e. The van der Waals surface area contributed by atoms with Crippen molar-refractivity contribution in [1.29, 1.82) is 0 Å². The summed E-state index contributed by atoms with van der Waals surface area (Å²) < 4.78 is 16.6. The predicted octanol–water partition coefficient (Wildman–Crippen LogP) is 2.58. The summed E-state index contributed by atoms with van der Waals surface area (Å²) in [6, 6.07) is 0. The summed E-state index contributed by atoms with van der Waals surface area (Å²) in [5.41, 5.74) is 0. The number of hydrogen-bond donors (Lipinski definition) is 0. The van der Waals surface area contributed by atoms with Crippen LogP contribution in [0.5, 0.6) is 0 Å². The lowest BCUT2D eigenvalue weighted by atomic mass is 10.0. The Morgan fingerprint density at radius 3 is 2.28 bits per heavy atom. The fraction of sp³-hybridized carbons (Fsp3) is 0.923. The monoisotopic (exact) mass is 274 g/mol. The zero-order valence-electron chi connectivity index (χ0n) is 12.6. The van der Waals surface area contributed by atoms with Crippen LogP contribution in [0.3, 0.4) is 0 Å². The van der Waals surface area contributed by atoms with Gasteiger partial charge in [0.25, 0.3) is 0 Å². The molecule has 4 nitrogen and oxygen atoms in total. The van der Waals surface area contributed by atoms with Gasteiger partial charge >= 0.3 is 5.97 Å². The van der Waals surface area contributed by atoms with Gasteiger partial charge in [0.15, 0.2) is 14.4 Å². The normalized spacial score (nSPS) is 29.5. The van der Waals surface area contributed by atoms with Crippen LogP contribution in [-0.2, 0) is 18.7 Å². The molecule has 0 N–H and O–H groups in total. The van der Waals surface area contributed by atoms with Crippen LogP contribution in [0.15, 0.2) is 0 Å². The second-order valence-corrected chi connectivity index (χ2v) is 11.4. The average molecular weight is 274 g/mol. The summed E-state index contributed by atoms with van der Waals surface area (Å²) in [4.78, 5) is 11.6. The van der Waals surface area contributed by atoms with Crippen molar-refractivity contribution >= 4 is 14.3 Å². The van der Waals surface area contributed by atoms with E-state index in [2.05, 4.69) is 33.9 Å². The first-order valence-corrected chi connectivity index (χ1v) is 9.38. The van der Waals surface area contributed by atoms with Crippen LogP contribution in [0.1, 0.15) is 27.7 Å². The third-order valence-corrected chi connectivity index (χ3v) is 8.73. The van der Waals surface area contributed by atoms with Gasteiger partial charge in [-0.05, 0) is 18.1 Å². The molecular formula is C13H26O4Si. The highest BCUT2D eigenvalue weighted by atomic mass is 28.4. The quantitative estimate of drug-likeness (QED) is 0.584. The molecular weight excluding hydrogens is 248 g/mol. The third-order valence-electron chi connectivity index (χ3n) is 4.23. The Bertz CT molecular complexity index is 309. The van der Waals surface area contributed by atoms with E-state index in [0.29, 0.717) is 6.61 Å². The molecule has 1 aliphatic heterocycles. The van der Waals surface area contributed by atoms with Crippen LogP contribution in [0.25, 0.3) is 0 Å². The van der Waals surface area contributed by atoms with Gasteiger partial charge in [0.1, 0.15) is 6.10 Å². The van der Waals surface area contributed by atoms with Gasteiger partial charge in [0, 0.05) is 13.0 Å². The Morgan fingerprint density at radius 1 is 1.33 bits per heavy atom. The third kappa shape index (κ3) is 3.13. The van der Waals surface area contributed by atoms with E-state index in [1.54, 1.807) is 7.11 Å². The summed E-state index contributed by atoms with van der Waals surface area (Å²) in [7, 11) is -0.247. The molecule has 0 aromatic carbocycles. The number of ether oxygens (including phenoxy) is 2. The molecule has 1 aliphatic rings. The van der Waals surface area contributed by atoms with Crippen molar-refractivity contribution in [3.63, 3.8) is 0 Å². The first kappa shape index (κ1) is 15.7. The number of rotatable bonds is 4. The van der Waals surface area contributed by atoms with Crippen LogP contribution in [0.4, 0.5) is 0 Å². The van der Waals surface area contributed by atoms with Gasteiger partial charge in [-0.1, -0.05) is 27.7 Å². The predicted molar refractivity (Wildman–Crippen MR) is 73.0 cm³/mol. The Labute approximate surface area is 111 Å². The Hall–Kier alpha value is -0.393. The van der Waals surface area contributed by atoms with Crippen LogP contribution < -0.4 is 0 Å². The summed E-state index contributed by atoms with van der Waals surface area (Å²) in [6.45, 7) is 13.4. The second-order valence-electron chi connectivity index (χ2n) is 6.56. The Morgan fingerprint density at radius 2 is 1.89 bits per heavy atom. The van der Waals surface area contributed by atoms with E-state index in [0.717, 1.165) is 0 Å². The highest BCUT2D eigenvalue weighted by Gasteiger charge is 2.44. The van der Waals surface area contributed by atoms with E-state index in [1.807, 2.05) is 6.92 Å². The molecule has 106 valence electrons. The van der Waals surface area contributed by atoms with Crippen LogP contribution in [-0.4, -0.2) is 40.2 Å². The maximum absolute atomic E-state index is 11.6. The summed E-state index contributed by atoms with van der Waals surface area (Å²) in [5.74, 6) is -0.221. The number of cyclic esters (lactones) is 1. The molecule has 0 spiro atoms. The summed E-state index contributed by atoms with van der Waals surface area (Å²) in [5, 5.41) is 0.166. The van der Waals surface area contributed by atoms with Crippen molar-refractivity contribution in [3.8, 4) is 0 Å². The lowest BCUT2D eigenvalue weighted by Gasteiger charge is -2.37. The van der Waals surface area contributed by atoms with Crippen LogP contribution >= 0.6 is 0 Å². The number of carbonyl (C=O) groups is 1. The average Bonchev–Trinajstić information content (AvgIpc) is 2.49. The zero-order chi connectivity index (χ0) is 14.1. The molecule has 18 heavy (non-hydrogen) atoms. The maximum atomic E-state index is 11.6. The molecule has 1 fully saturated rings. The number of esters is 1. The molecule has 0 aromatic rings. The van der Waals surface area contributed by atoms with Crippen LogP contribution in [0.2, 0.25) is 18.1 Å². The minimum Gasteiger partial charge on any atom is -0.458 e. The number of carbonyl (C=O) groups excluding carboxylic acids is 1. The molecule has 0 aromatic heterocycles. The van der Waals surface area contributed by atoms with E-state index in [1.165, 1.54) is 0 Å². The van der Waals surface area contributed by atoms with Crippen molar-refractivity contribution in [2.45, 2.75) is 58.0 Å². The number of hydrogen-bond acceptors (Lipinski definition) is 4. The standard InChI is InChI=1S/C13H26O4Si/c1-9-10(17-12(14)11(9)15-5)8-16-18(6,7)13(2,3)4/h9-11H,8H2,1-7H3/t9-,10-,11+/m0/s1. The molecule has 5 heteroatoms. The molecule has 1 saturated heterocycles. The molecule has 0 unspecified atom stereocenters. The lowest BCUT2D eigenvalue weighted by molar-refractivity contribution is -0.149. The minimum absolute atomic E-state index is 0.0484. The van der Waals surface area contributed by atoms with Crippen molar-refractivity contribution < 1.29 is 18.7 Å². The summed E-state index contributed by atoms with van der Waals surface area (Å²) in [6.07, 6.45) is -0.630. The van der Waals surface area contributed by atoms with Crippen molar-refractivity contribution in [2.24, 2.45) is 5.92 Å². The maximum Gasteiger partial charge on any atom is 0.336 e. The van der Waals surface area contributed by atoms with E-state index >= 15 is 0 Å². The Balaban J connectivity index is 2.58. The first-order chi connectivity index (χ1) is 8.10. The van der Waals surface area contributed by atoms with Crippen LogP contribution in [0, 0.1) is 5.92 Å².